The van der Waals surface area contributed by atoms with Gasteiger partial charge in [0.1, 0.15) is 0 Å². The number of piperazine rings is 1. The van der Waals surface area contributed by atoms with Gasteiger partial charge in [0.15, 0.2) is 0 Å². The molecular weight excluding hydrogens is 284 g/mol. The summed E-state index contributed by atoms with van der Waals surface area (Å²) in [5.41, 5.74) is 4.33. The number of nitrogens with zero attached hydrogens (tertiary/aromatic N) is 4. The molecule has 4 heteroatoms. The lowest BCUT2D eigenvalue weighted by Gasteiger charge is -2.35. The van der Waals surface area contributed by atoms with Crippen molar-refractivity contribution in [2.24, 2.45) is 7.05 Å². The number of hydrogen-bond acceptors (Lipinski definition) is 3. The molecule has 1 aromatic heterocycles. The van der Waals surface area contributed by atoms with E-state index in [4.69, 9.17) is 5.10 Å². The van der Waals surface area contributed by atoms with Crippen LogP contribution in [0.25, 0.3) is 0 Å². The van der Waals surface area contributed by atoms with Crippen molar-refractivity contribution >= 4 is 0 Å². The molecule has 2 fully saturated rings. The summed E-state index contributed by atoms with van der Waals surface area (Å²) in [4.78, 5) is 5.28. The zero-order valence-corrected chi connectivity index (χ0v) is 15.9. The van der Waals surface area contributed by atoms with E-state index in [2.05, 4.69) is 56.1 Å². The minimum absolute atomic E-state index is 0.152. The molecule has 23 heavy (non-hydrogen) atoms. The van der Waals surface area contributed by atoms with Gasteiger partial charge in [0.2, 0.25) is 0 Å². The first kappa shape index (κ1) is 17.0. The Bertz CT molecular complexity index is 540. The van der Waals surface area contributed by atoms with E-state index in [1.54, 1.807) is 0 Å². The van der Waals surface area contributed by atoms with E-state index in [0.29, 0.717) is 5.92 Å². The molecule has 0 N–H and O–H groups in total. The number of rotatable bonds is 4. The van der Waals surface area contributed by atoms with Gasteiger partial charge in [0.05, 0.1) is 5.69 Å². The Labute approximate surface area is 141 Å². The van der Waals surface area contributed by atoms with Gasteiger partial charge in [-0.3, -0.25) is 14.5 Å². The van der Waals surface area contributed by atoms with Gasteiger partial charge in [-0.05, 0) is 24.2 Å². The summed E-state index contributed by atoms with van der Waals surface area (Å²) in [7, 11) is 2.11. The molecule has 0 atom stereocenters. The Hall–Kier alpha value is -0.870. The second-order valence-electron chi connectivity index (χ2n) is 8.78. The van der Waals surface area contributed by atoms with Crippen LogP contribution >= 0.6 is 0 Å². The standard InChI is InChI=1S/C19H34N4/c1-14(2)18-17(19(3,4)5)16(20-21(18)6)13-22-9-11-23(12-10-22)15-7-8-15/h14-15H,7-13H2,1-6H3. The van der Waals surface area contributed by atoms with Crippen molar-refractivity contribution in [1.29, 1.82) is 0 Å². The lowest BCUT2D eigenvalue weighted by Crippen LogP contribution is -2.46. The molecule has 1 saturated heterocycles. The highest BCUT2D eigenvalue weighted by Crippen LogP contribution is 2.34. The second kappa shape index (κ2) is 6.21. The number of hydrogen-bond donors (Lipinski definition) is 0. The molecule has 0 unspecified atom stereocenters. The van der Waals surface area contributed by atoms with Crippen LogP contribution in [0.15, 0.2) is 0 Å². The summed E-state index contributed by atoms with van der Waals surface area (Å²) in [6.07, 6.45) is 2.85. The second-order valence-corrected chi connectivity index (χ2v) is 8.78. The van der Waals surface area contributed by atoms with Gasteiger partial charge in [0, 0.05) is 57.1 Å². The third-order valence-electron chi connectivity index (χ3n) is 5.30. The van der Waals surface area contributed by atoms with E-state index in [0.717, 1.165) is 12.6 Å². The first-order chi connectivity index (χ1) is 10.8. The maximum atomic E-state index is 4.92. The molecule has 2 aliphatic rings. The average Bonchev–Trinajstić information content (AvgIpc) is 3.22. The zero-order chi connectivity index (χ0) is 16.8. The number of aryl methyl sites for hydroxylation is 1. The van der Waals surface area contributed by atoms with E-state index >= 15 is 0 Å². The maximum Gasteiger partial charge on any atom is 0.0804 e. The van der Waals surface area contributed by atoms with Gasteiger partial charge in [-0.15, -0.1) is 0 Å². The summed E-state index contributed by atoms with van der Waals surface area (Å²) in [5.74, 6) is 0.516. The average molecular weight is 319 g/mol. The van der Waals surface area contributed by atoms with E-state index in [1.807, 2.05) is 0 Å². The Morgan fingerprint density at radius 2 is 1.70 bits per heavy atom. The van der Waals surface area contributed by atoms with Gasteiger partial charge in [0.25, 0.3) is 0 Å². The fourth-order valence-electron chi connectivity index (χ4n) is 4.12. The van der Waals surface area contributed by atoms with E-state index in [9.17, 15) is 0 Å². The molecule has 1 aliphatic heterocycles. The van der Waals surface area contributed by atoms with Crippen LogP contribution in [0.2, 0.25) is 0 Å². The quantitative estimate of drug-likeness (QED) is 0.852. The van der Waals surface area contributed by atoms with Crippen LogP contribution in [0.1, 0.15) is 70.3 Å². The molecule has 4 nitrogen and oxygen atoms in total. The zero-order valence-electron chi connectivity index (χ0n) is 15.9. The molecule has 0 aromatic carbocycles. The summed E-state index contributed by atoms with van der Waals surface area (Å²) >= 11 is 0. The van der Waals surface area contributed by atoms with E-state index < -0.39 is 0 Å². The molecule has 3 rings (SSSR count). The van der Waals surface area contributed by atoms with Crippen molar-refractivity contribution in [2.75, 3.05) is 26.2 Å². The van der Waals surface area contributed by atoms with Crippen LogP contribution in [0, 0.1) is 0 Å². The molecule has 130 valence electrons. The highest BCUT2D eigenvalue weighted by Gasteiger charge is 2.33. The Balaban J connectivity index is 1.76. The summed E-state index contributed by atoms with van der Waals surface area (Å²) < 4.78 is 2.13. The molecular formula is C19H34N4. The SMILES string of the molecule is CC(C)c1c(C(C)(C)C)c(CN2CCN(C3CC3)CC2)nn1C. The van der Waals surface area contributed by atoms with Crippen molar-refractivity contribution in [3.8, 4) is 0 Å². The smallest absolute Gasteiger partial charge is 0.0804 e. The van der Waals surface area contributed by atoms with Gasteiger partial charge in [-0.2, -0.15) is 5.10 Å². The number of aromatic nitrogens is 2. The summed E-state index contributed by atoms with van der Waals surface area (Å²) in [6.45, 7) is 17.4. The fourth-order valence-corrected chi connectivity index (χ4v) is 4.12. The first-order valence-electron chi connectivity index (χ1n) is 9.30. The van der Waals surface area contributed by atoms with Gasteiger partial charge < -0.3 is 0 Å². The van der Waals surface area contributed by atoms with Crippen LogP contribution < -0.4 is 0 Å². The largest absolute Gasteiger partial charge is 0.298 e. The first-order valence-corrected chi connectivity index (χ1v) is 9.30. The van der Waals surface area contributed by atoms with Crippen molar-refractivity contribution in [3.05, 3.63) is 17.0 Å². The molecule has 1 aliphatic carbocycles. The predicted octanol–water partition coefficient (Wildman–Crippen LogP) is 3.12. The summed E-state index contributed by atoms with van der Waals surface area (Å²) in [5, 5.41) is 4.92. The van der Waals surface area contributed by atoms with Crippen molar-refractivity contribution in [2.45, 2.75) is 71.4 Å². The van der Waals surface area contributed by atoms with Crippen LogP contribution in [-0.4, -0.2) is 51.8 Å². The van der Waals surface area contributed by atoms with Crippen molar-refractivity contribution in [1.82, 2.24) is 19.6 Å². The molecule has 0 amide bonds. The third-order valence-corrected chi connectivity index (χ3v) is 5.30. The third kappa shape index (κ3) is 3.63. The molecule has 0 bridgehead atoms. The monoisotopic (exact) mass is 318 g/mol. The molecule has 0 spiro atoms. The van der Waals surface area contributed by atoms with Crippen molar-refractivity contribution in [3.63, 3.8) is 0 Å². The van der Waals surface area contributed by atoms with Crippen LogP contribution in [0.3, 0.4) is 0 Å². The Kier molecular flexibility index (Phi) is 4.58. The van der Waals surface area contributed by atoms with E-state index in [1.165, 1.54) is 56.0 Å². The Morgan fingerprint density at radius 1 is 1.09 bits per heavy atom. The van der Waals surface area contributed by atoms with Crippen LogP contribution in [-0.2, 0) is 19.0 Å². The highest BCUT2D eigenvalue weighted by atomic mass is 15.3. The predicted molar refractivity (Wildman–Crippen MR) is 95.9 cm³/mol. The fraction of sp³-hybridized carbons (Fsp3) is 0.842. The summed E-state index contributed by atoms with van der Waals surface area (Å²) in [6, 6.07) is 0.907. The molecule has 0 radical (unpaired) electrons. The van der Waals surface area contributed by atoms with E-state index in [-0.39, 0.29) is 5.41 Å². The lowest BCUT2D eigenvalue weighted by molar-refractivity contribution is 0.120. The molecule has 2 heterocycles. The molecule has 1 saturated carbocycles. The normalized spacial score (nSPS) is 21.3. The van der Waals surface area contributed by atoms with Crippen LogP contribution in [0.4, 0.5) is 0 Å². The minimum Gasteiger partial charge on any atom is -0.298 e. The lowest BCUT2D eigenvalue weighted by atomic mass is 9.82. The van der Waals surface area contributed by atoms with Gasteiger partial charge >= 0.3 is 0 Å². The van der Waals surface area contributed by atoms with Crippen molar-refractivity contribution < 1.29 is 0 Å². The van der Waals surface area contributed by atoms with Gasteiger partial charge in [-0.1, -0.05) is 34.6 Å². The van der Waals surface area contributed by atoms with Gasteiger partial charge in [-0.25, -0.2) is 0 Å². The minimum atomic E-state index is 0.152. The van der Waals surface area contributed by atoms with Crippen LogP contribution in [0.5, 0.6) is 0 Å². The highest BCUT2D eigenvalue weighted by molar-refractivity contribution is 5.35. The molecule has 1 aromatic rings. The Morgan fingerprint density at radius 3 is 2.17 bits per heavy atom. The maximum absolute atomic E-state index is 4.92. The topological polar surface area (TPSA) is 24.3 Å².